The lowest BCUT2D eigenvalue weighted by Crippen LogP contribution is -2.57. The molecule has 1 unspecified atom stereocenters. The van der Waals surface area contributed by atoms with Crippen molar-refractivity contribution in [2.45, 2.75) is 58.2 Å². The molecule has 3 atom stereocenters. The van der Waals surface area contributed by atoms with Crippen LogP contribution in [0.25, 0.3) is 0 Å². The summed E-state index contributed by atoms with van der Waals surface area (Å²) in [5.41, 5.74) is 0.277. The van der Waals surface area contributed by atoms with E-state index in [1.165, 1.54) is 32.1 Å². The van der Waals surface area contributed by atoms with Crippen LogP contribution in [0, 0.1) is 17.3 Å². The molecule has 92 valence electrons. The van der Waals surface area contributed by atoms with Crippen LogP contribution in [0.2, 0.25) is 0 Å². The van der Waals surface area contributed by atoms with Gasteiger partial charge in [0.15, 0.2) is 5.79 Å². The average molecular weight is 224 g/mol. The first-order chi connectivity index (χ1) is 7.68. The zero-order chi connectivity index (χ0) is 11.2. The molecule has 0 aromatic carbocycles. The molecule has 16 heavy (non-hydrogen) atoms. The molecule has 2 nitrogen and oxygen atoms in total. The van der Waals surface area contributed by atoms with Gasteiger partial charge in [-0.1, -0.05) is 26.7 Å². The SMILES string of the molecule is C[C@H]1CCC2(OCCO2)[C@]2(C)CCCCC12. The molecule has 1 aliphatic heterocycles. The normalized spacial score (nSPS) is 46.9. The summed E-state index contributed by atoms with van der Waals surface area (Å²) in [7, 11) is 0. The zero-order valence-corrected chi connectivity index (χ0v) is 10.6. The lowest BCUT2D eigenvalue weighted by Gasteiger charge is -2.57. The van der Waals surface area contributed by atoms with E-state index in [1.54, 1.807) is 0 Å². The van der Waals surface area contributed by atoms with Crippen LogP contribution in [0.5, 0.6) is 0 Å². The van der Waals surface area contributed by atoms with Crippen molar-refractivity contribution in [2.75, 3.05) is 13.2 Å². The van der Waals surface area contributed by atoms with Crippen molar-refractivity contribution in [3.63, 3.8) is 0 Å². The summed E-state index contributed by atoms with van der Waals surface area (Å²) in [5.74, 6) is 1.45. The largest absolute Gasteiger partial charge is 0.347 e. The van der Waals surface area contributed by atoms with E-state index in [0.717, 1.165) is 31.5 Å². The number of hydrogen-bond acceptors (Lipinski definition) is 2. The van der Waals surface area contributed by atoms with Gasteiger partial charge in [-0.15, -0.1) is 0 Å². The van der Waals surface area contributed by atoms with Gasteiger partial charge in [0.1, 0.15) is 0 Å². The van der Waals surface area contributed by atoms with Gasteiger partial charge in [-0.3, -0.25) is 0 Å². The third-order valence-electron chi connectivity index (χ3n) is 5.52. The Morgan fingerprint density at radius 2 is 1.75 bits per heavy atom. The zero-order valence-electron chi connectivity index (χ0n) is 10.6. The Kier molecular flexibility index (Phi) is 2.56. The van der Waals surface area contributed by atoms with Gasteiger partial charge in [-0.25, -0.2) is 0 Å². The van der Waals surface area contributed by atoms with Crippen molar-refractivity contribution in [3.8, 4) is 0 Å². The standard InChI is InChI=1S/C14H24O2/c1-11-6-8-14(15-9-10-16-14)13(2)7-4-3-5-12(11)13/h11-12H,3-10H2,1-2H3/t11-,12?,13+/m0/s1. The molecular formula is C14H24O2. The molecule has 0 bridgehead atoms. The minimum Gasteiger partial charge on any atom is -0.347 e. The molecule has 0 aromatic heterocycles. The number of fused-ring (bicyclic) bond motifs is 2. The van der Waals surface area contributed by atoms with Crippen LogP contribution in [0.15, 0.2) is 0 Å². The first-order valence-corrected chi connectivity index (χ1v) is 6.96. The van der Waals surface area contributed by atoms with Gasteiger partial charge in [0.2, 0.25) is 0 Å². The summed E-state index contributed by atoms with van der Waals surface area (Å²) < 4.78 is 12.2. The summed E-state index contributed by atoms with van der Waals surface area (Å²) in [6.07, 6.45) is 7.82. The van der Waals surface area contributed by atoms with Crippen LogP contribution in [0.3, 0.4) is 0 Å². The summed E-state index contributed by atoms with van der Waals surface area (Å²) in [4.78, 5) is 0. The lowest BCUT2D eigenvalue weighted by atomic mass is 9.54. The molecule has 1 saturated heterocycles. The summed E-state index contributed by atoms with van der Waals surface area (Å²) in [6.45, 7) is 6.46. The van der Waals surface area contributed by atoms with Crippen LogP contribution >= 0.6 is 0 Å². The van der Waals surface area contributed by atoms with Crippen molar-refractivity contribution in [2.24, 2.45) is 17.3 Å². The summed E-state index contributed by atoms with van der Waals surface area (Å²) in [5, 5.41) is 0. The molecule has 2 saturated carbocycles. The number of ether oxygens (including phenoxy) is 2. The monoisotopic (exact) mass is 224 g/mol. The highest BCUT2D eigenvalue weighted by Crippen LogP contribution is 2.59. The van der Waals surface area contributed by atoms with Gasteiger partial charge in [0, 0.05) is 11.8 Å². The van der Waals surface area contributed by atoms with E-state index in [0.29, 0.717) is 0 Å². The van der Waals surface area contributed by atoms with E-state index >= 15 is 0 Å². The molecule has 3 rings (SSSR count). The Morgan fingerprint density at radius 3 is 2.50 bits per heavy atom. The Balaban J connectivity index is 1.95. The van der Waals surface area contributed by atoms with Gasteiger partial charge >= 0.3 is 0 Å². The molecule has 2 aliphatic carbocycles. The molecule has 0 radical (unpaired) electrons. The van der Waals surface area contributed by atoms with Crippen LogP contribution in [-0.2, 0) is 9.47 Å². The van der Waals surface area contributed by atoms with E-state index in [-0.39, 0.29) is 11.2 Å². The van der Waals surface area contributed by atoms with Crippen molar-refractivity contribution >= 4 is 0 Å². The minimum absolute atomic E-state index is 0.218. The average Bonchev–Trinajstić information content (AvgIpc) is 2.75. The minimum atomic E-state index is -0.218. The topological polar surface area (TPSA) is 18.5 Å². The molecule has 0 N–H and O–H groups in total. The molecule has 0 amide bonds. The van der Waals surface area contributed by atoms with Crippen LogP contribution in [-0.4, -0.2) is 19.0 Å². The third kappa shape index (κ3) is 1.32. The first kappa shape index (κ1) is 11.0. The summed E-state index contributed by atoms with van der Waals surface area (Å²) >= 11 is 0. The maximum atomic E-state index is 6.08. The van der Waals surface area contributed by atoms with Gasteiger partial charge in [-0.2, -0.15) is 0 Å². The molecule has 0 aromatic rings. The fraction of sp³-hybridized carbons (Fsp3) is 1.00. The van der Waals surface area contributed by atoms with Crippen LogP contribution < -0.4 is 0 Å². The Hall–Kier alpha value is -0.0800. The van der Waals surface area contributed by atoms with Gasteiger partial charge in [0.05, 0.1) is 13.2 Å². The second-order valence-electron chi connectivity index (χ2n) is 6.24. The van der Waals surface area contributed by atoms with E-state index < -0.39 is 0 Å². The first-order valence-electron chi connectivity index (χ1n) is 6.96. The highest BCUT2D eigenvalue weighted by atomic mass is 16.7. The Bertz CT molecular complexity index is 270. The van der Waals surface area contributed by atoms with Gasteiger partial charge in [0.25, 0.3) is 0 Å². The van der Waals surface area contributed by atoms with E-state index in [4.69, 9.17) is 9.47 Å². The number of hydrogen-bond donors (Lipinski definition) is 0. The predicted octanol–water partition coefficient (Wildman–Crippen LogP) is 3.36. The second-order valence-corrected chi connectivity index (χ2v) is 6.24. The number of rotatable bonds is 0. The highest BCUT2D eigenvalue weighted by Gasteiger charge is 2.60. The smallest absolute Gasteiger partial charge is 0.174 e. The molecule has 3 aliphatic rings. The van der Waals surface area contributed by atoms with E-state index in [2.05, 4.69) is 13.8 Å². The maximum absolute atomic E-state index is 6.08. The molecular weight excluding hydrogens is 200 g/mol. The van der Waals surface area contributed by atoms with Crippen molar-refractivity contribution in [1.29, 1.82) is 0 Å². The fourth-order valence-electron chi connectivity index (χ4n) is 4.58. The predicted molar refractivity (Wildman–Crippen MR) is 63.1 cm³/mol. The maximum Gasteiger partial charge on any atom is 0.174 e. The fourth-order valence-corrected chi connectivity index (χ4v) is 4.58. The van der Waals surface area contributed by atoms with E-state index in [1.807, 2.05) is 0 Å². The molecule has 1 heterocycles. The van der Waals surface area contributed by atoms with Crippen LogP contribution in [0.4, 0.5) is 0 Å². The lowest BCUT2D eigenvalue weighted by molar-refractivity contribution is -0.284. The Labute approximate surface area is 98.7 Å². The Morgan fingerprint density at radius 1 is 1.00 bits per heavy atom. The second kappa shape index (κ2) is 3.71. The molecule has 1 spiro atoms. The highest BCUT2D eigenvalue weighted by molar-refractivity contribution is 5.04. The van der Waals surface area contributed by atoms with Gasteiger partial charge < -0.3 is 9.47 Å². The molecule has 2 heteroatoms. The quantitative estimate of drug-likeness (QED) is 0.628. The molecule has 3 fully saturated rings. The van der Waals surface area contributed by atoms with E-state index in [9.17, 15) is 0 Å². The van der Waals surface area contributed by atoms with Crippen molar-refractivity contribution in [3.05, 3.63) is 0 Å². The van der Waals surface area contributed by atoms with Crippen LogP contribution in [0.1, 0.15) is 52.4 Å². The van der Waals surface area contributed by atoms with Crippen molar-refractivity contribution in [1.82, 2.24) is 0 Å². The van der Waals surface area contributed by atoms with Gasteiger partial charge in [-0.05, 0) is 31.1 Å². The summed E-state index contributed by atoms with van der Waals surface area (Å²) in [6, 6.07) is 0. The third-order valence-corrected chi connectivity index (χ3v) is 5.52. The van der Waals surface area contributed by atoms with Crippen molar-refractivity contribution < 1.29 is 9.47 Å².